The van der Waals surface area contributed by atoms with E-state index in [1.807, 2.05) is 6.07 Å². The van der Waals surface area contributed by atoms with E-state index in [0.717, 1.165) is 44.7 Å². The zero-order valence-electron chi connectivity index (χ0n) is 12.9. The van der Waals surface area contributed by atoms with Crippen molar-refractivity contribution in [2.45, 2.75) is 25.7 Å². The molecule has 0 aliphatic carbocycles. The third kappa shape index (κ3) is 3.49. The summed E-state index contributed by atoms with van der Waals surface area (Å²) in [6.45, 7) is 4.88. The van der Waals surface area contributed by atoms with Crippen molar-refractivity contribution in [3.05, 3.63) is 24.0 Å². The van der Waals surface area contributed by atoms with Crippen LogP contribution in [0.5, 0.6) is 5.75 Å². The third-order valence-corrected chi connectivity index (χ3v) is 4.69. The standard InChI is InChI=1S/C17H25FN2O/c1-19-11-7-14(8-12-19)13-21-17-15(18)5-4-6-16(17)20-9-2-3-10-20/h4-6,14H,2-3,7-13H2,1H3. The Labute approximate surface area is 126 Å². The van der Waals surface area contributed by atoms with Gasteiger partial charge in [-0.2, -0.15) is 0 Å². The Morgan fingerprint density at radius 1 is 1.14 bits per heavy atom. The van der Waals surface area contributed by atoms with Crippen molar-refractivity contribution in [1.29, 1.82) is 0 Å². The molecule has 1 aromatic carbocycles. The molecule has 0 saturated carbocycles. The normalized spacial score (nSPS) is 21.0. The van der Waals surface area contributed by atoms with Crippen LogP contribution in [-0.4, -0.2) is 44.7 Å². The lowest BCUT2D eigenvalue weighted by Crippen LogP contribution is -2.32. The van der Waals surface area contributed by atoms with Crippen LogP contribution in [0.25, 0.3) is 0 Å². The molecule has 2 aliphatic rings. The van der Waals surface area contributed by atoms with E-state index in [9.17, 15) is 4.39 Å². The number of ether oxygens (including phenoxy) is 1. The zero-order valence-corrected chi connectivity index (χ0v) is 12.9. The number of rotatable bonds is 4. The monoisotopic (exact) mass is 292 g/mol. The number of halogens is 1. The van der Waals surface area contributed by atoms with Crippen molar-refractivity contribution in [2.75, 3.05) is 44.7 Å². The highest BCUT2D eigenvalue weighted by molar-refractivity contribution is 5.59. The van der Waals surface area contributed by atoms with E-state index in [-0.39, 0.29) is 5.82 Å². The maximum atomic E-state index is 14.2. The van der Waals surface area contributed by atoms with E-state index >= 15 is 0 Å². The van der Waals surface area contributed by atoms with Gasteiger partial charge in [-0.3, -0.25) is 0 Å². The molecule has 2 saturated heterocycles. The van der Waals surface area contributed by atoms with E-state index in [1.54, 1.807) is 6.07 Å². The average Bonchev–Trinajstić information content (AvgIpc) is 3.01. The number of anilines is 1. The Bertz CT molecular complexity index is 466. The SMILES string of the molecule is CN1CCC(COc2c(F)cccc2N2CCCC2)CC1. The highest BCUT2D eigenvalue weighted by Crippen LogP contribution is 2.34. The summed E-state index contributed by atoms with van der Waals surface area (Å²) < 4.78 is 20.1. The average molecular weight is 292 g/mol. The van der Waals surface area contributed by atoms with Crippen molar-refractivity contribution in [3.8, 4) is 5.75 Å². The summed E-state index contributed by atoms with van der Waals surface area (Å²) in [5.41, 5.74) is 0.931. The summed E-state index contributed by atoms with van der Waals surface area (Å²) in [5.74, 6) is 0.776. The van der Waals surface area contributed by atoms with Crippen molar-refractivity contribution in [3.63, 3.8) is 0 Å². The summed E-state index contributed by atoms with van der Waals surface area (Å²) in [4.78, 5) is 4.59. The summed E-state index contributed by atoms with van der Waals surface area (Å²) in [7, 11) is 2.15. The Balaban J connectivity index is 1.66. The molecule has 2 aliphatic heterocycles. The Hall–Kier alpha value is -1.29. The number of nitrogens with zero attached hydrogens (tertiary/aromatic N) is 2. The second kappa shape index (κ2) is 6.65. The van der Waals surface area contributed by atoms with Gasteiger partial charge in [0.2, 0.25) is 0 Å². The van der Waals surface area contributed by atoms with Crippen LogP contribution in [-0.2, 0) is 0 Å². The van der Waals surface area contributed by atoms with Gasteiger partial charge in [0.25, 0.3) is 0 Å². The van der Waals surface area contributed by atoms with Crippen LogP contribution < -0.4 is 9.64 Å². The van der Waals surface area contributed by atoms with E-state index in [1.165, 1.54) is 18.9 Å². The van der Waals surface area contributed by atoms with Crippen LogP contribution in [0, 0.1) is 11.7 Å². The zero-order chi connectivity index (χ0) is 14.7. The van der Waals surface area contributed by atoms with Gasteiger partial charge in [0, 0.05) is 13.1 Å². The van der Waals surface area contributed by atoms with Crippen LogP contribution in [0.2, 0.25) is 0 Å². The van der Waals surface area contributed by atoms with Crippen molar-refractivity contribution < 1.29 is 9.13 Å². The number of likely N-dealkylation sites (tertiary alicyclic amines) is 1. The van der Waals surface area contributed by atoms with Crippen LogP contribution in [0.3, 0.4) is 0 Å². The van der Waals surface area contributed by atoms with E-state index in [4.69, 9.17) is 4.74 Å². The van der Waals surface area contributed by atoms with Gasteiger partial charge in [0.15, 0.2) is 11.6 Å². The lowest BCUT2D eigenvalue weighted by atomic mass is 9.98. The Morgan fingerprint density at radius 3 is 2.57 bits per heavy atom. The van der Waals surface area contributed by atoms with Gasteiger partial charge in [-0.1, -0.05) is 6.07 Å². The van der Waals surface area contributed by atoms with Crippen LogP contribution >= 0.6 is 0 Å². The van der Waals surface area contributed by atoms with E-state index in [0.29, 0.717) is 18.3 Å². The largest absolute Gasteiger partial charge is 0.488 e. The molecule has 3 nitrogen and oxygen atoms in total. The van der Waals surface area contributed by atoms with Gasteiger partial charge in [0.1, 0.15) is 0 Å². The molecule has 1 aromatic rings. The molecule has 0 aromatic heterocycles. The molecule has 0 spiro atoms. The molecule has 0 radical (unpaired) electrons. The van der Waals surface area contributed by atoms with Crippen molar-refractivity contribution in [1.82, 2.24) is 4.90 Å². The minimum Gasteiger partial charge on any atom is -0.488 e. The fourth-order valence-corrected chi connectivity index (χ4v) is 3.28. The fourth-order valence-electron chi connectivity index (χ4n) is 3.28. The van der Waals surface area contributed by atoms with Gasteiger partial charge >= 0.3 is 0 Å². The number of para-hydroxylation sites is 1. The lowest BCUT2D eigenvalue weighted by molar-refractivity contribution is 0.157. The summed E-state index contributed by atoms with van der Waals surface area (Å²) in [6, 6.07) is 5.27. The van der Waals surface area contributed by atoms with Gasteiger partial charge in [-0.15, -0.1) is 0 Å². The predicted molar refractivity (Wildman–Crippen MR) is 83.6 cm³/mol. The Kier molecular flexibility index (Phi) is 4.63. The van der Waals surface area contributed by atoms with Crippen LogP contribution in [0.1, 0.15) is 25.7 Å². The number of piperidine rings is 1. The number of hydrogen-bond acceptors (Lipinski definition) is 3. The first-order valence-corrected chi connectivity index (χ1v) is 8.09. The highest BCUT2D eigenvalue weighted by atomic mass is 19.1. The van der Waals surface area contributed by atoms with E-state index < -0.39 is 0 Å². The predicted octanol–water partition coefficient (Wildman–Crippen LogP) is 3.15. The van der Waals surface area contributed by atoms with Crippen LogP contribution in [0.4, 0.5) is 10.1 Å². The molecule has 0 atom stereocenters. The maximum absolute atomic E-state index is 14.2. The quantitative estimate of drug-likeness (QED) is 0.848. The smallest absolute Gasteiger partial charge is 0.178 e. The first-order chi connectivity index (χ1) is 10.2. The molecule has 2 fully saturated rings. The molecule has 116 valence electrons. The first-order valence-electron chi connectivity index (χ1n) is 8.09. The molecule has 0 bridgehead atoms. The number of hydrogen-bond donors (Lipinski definition) is 0. The van der Waals surface area contributed by atoms with Gasteiger partial charge in [-0.25, -0.2) is 4.39 Å². The second-order valence-electron chi connectivity index (χ2n) is 6.34. The van der Waals surface area contributed by atoms with Crippen LogP contribution in [0.15, 0.2) is 18.2 Å². The van der Waals surface area contributed by atoms with Gasteiger partial charge in [-0.05, 0) is 63.9 Å². The molecule has 0 unspecified atom stereocenters. The lowest BCUT2D eigenvalue weighted by Gasteiger charge is -2.29. The summed E-state index contributed by atoms with van der Waals surface area (Å²) in [6.07, 6.45) is 4.66. The highest BCUT2D eigenvalue weighted by Gasteiger charge is 2.22. The molecule has 21 heavy (non-hydrogen) atoms. The van der Waals surface area contributed by atoms with Crippen molar-refractivity contribution >= 4 is 5.69 Å². The fraction of sp³-hybridized carbons (Fsp3) is 0.647. The molecular weight excluding hydrogens is 267 g/mol. The second-order valence-corrected chi connectivity index (χ2v) is 6.34. The van der Waals surface area contributed by atoms with Crippen molar-refractivity contribution in [2.24, 2.45) is 5.92 Å². The third-order valence-electron chi connectivity index (χ3n) is 4.69. The first kappa shape index (κ1) is 14.6. The summed E-state index contributed by atoms with van der Waals surface area (Å²) >= 11 is 0. The maximum Gasteiger partial charge on any atom is 0.178 e. The minimum atomic E-state index is -0.229. The molecule has 2 heterocycles. The molecule has 0 amide bonds. The number of benzene rings is 1. The Morgan fingerprint density at radius 2 is 1.86 bits per heavy atom. The molecule has 3 rings (SSSR count). The van der Waals surface area contributed by atoms with Gasteiger partial charge < -0.3 is 14.5 Å². The van der Waals surface area contributed by atoms with Gasteiger partial charge in [0.05, 0.1) is 12.3 Å². The minimum absolute atomic E-state index is 0.229. The van der Waals surface area contributed by atoms with E-state index in [2.05, 4.69) is 16.8 Å². The molecule has 4 heteroatoms. The summed E-state index contributed by atoms with van der Waals surface area (Å²) in [5, 5.41) is 0. The topological polar surface area (TPSA) is 15.7 Å². The molecule has 0 N–H and O–H groups in total. The molecular formula is C17H25FN2O.